The van der Waals surface area contributed by atoms with E-state index in [0.717, 1.165) is 16.8 Å². The molecule has 27 heavy (non-hydrogen) atoms. The van der Waals surface area contributed by atoms with Gasteiger partial charge in [-0.25, -0.2) is 4.39 Å². The molecule has 0 heterocycles. The summed E-state index contributed by atoms with van der Waals surface area (Å²) in [6.45, 7) is 1.94. The molecule has 0 spiro atoms. The van der Waals surface area contributed by atoms with E-state index in [1.54, 1.807) is 36.4 Å². The van der Waals surface area contributed by atoms with Gasteiger partial charge in [-0.05, 0) is 60.4 Å². The maximum absolute atomic E-state index is 15.3. The minimum absolute atomic E-state index is 0.165. The standard InChI is InChI=1S/C23H19ClFNO/c1-15-4-2-3-5-21(15)26-22(27)17-6-10-18(11-7-17)23(25)14-20(23)16-8-12-19(24)13-9-16/h2-13,20H,14H2,1H3,(H,26,27). The van der Waals surface area contributed by atoms with E-state index in [1.807, 2.05) is 43.3 Å². The molecule has 1 saturated carbocycles. The van der Waals surface area contributed by atoms with E-state index in [9.17, 15) is 4.79 Å². The first-order valence-corrected chi connectivity index (χ1v) is 9.27. The summed E-state index contributed by atoms with van der Waals surface area (Å²) in [4.78, 5) is 12.4. The number of para-hydroxylation sites is 1. The minimum Gasteiger partial charge on any atom is -0.322 e. The quantitative estimate of drug-likeness (QED) is 0.570. The van der Waals surface area contributed by atoms with Gasteiger partial charge in [0.05, 0.1) is 0 Å². The van der Waals surface area contributed by atoms with Crippen LogP contribution in [-0.4, -0.2) is 5.91 Å². The molecule has 3 aromatic rings. The molecule has 0 radical (unpaired) electrons. The van der Waals surface area contributed by atoms with Crippen LogP contribution in [0, 0.1) is 6.92 Å². The van der Waals surface area contributed by atoms with E-state index < -0.39 is 5.67 Å². The van der Waals surface area contributed by atoms with Gasteiger partial charge in [0.15, 0.2) is 0 Å². The number of hydrogen-bond donors (Lipinski definition) is 1. The van der Waals surface area contributed by atoms with Gasteiger partial charge < -0.3 is 5.32 Å². The molecule has 1 amide bonds. The van der Waals surface area contributed by atoms with Crippen molar-refractivity contribution in [1.82, 2.24) is 0 Å². The zero-order valence-electron chi connectivity index (χ0n) is 14.9. The van der Waals surface area contributed by atoms with E-state index in [2.05, 4.69) is 5.32 Å². The molecule has 2 unspecified atom stereocenters. The summed E-state index contributed by atoms with van der Waals surface area (Å²) >= 11 is 5.91. The zero-order chi connectivity index (χ0) is 19.0. The highest BCUT2D eigenvalue weighted by Gasteiger charge is 2.57. The Labute approximate surface area is 163 Å². The second-order valence-corrected chi connectivity index (χ2v) is 7.45. The average molecular weight is 380 g/mol. The van der Waals surface area contributed by atoms with Crippen molar-refractivity contribution in [2.24, 2.45) is 0 Å². The molecule has 0 saturated heterocycles. The summed E-state index contributed by atoms with van der Waals surface area (Å²) < 4.78 is 15.3. The van der Waals surface area contributed by atoms with Gasteiger partial charge in [0.2, 0.25) is 0 Å². The average Bonchev–Trinajstić information content (AvgIpc) is 3.37. The molecule has 2 atom stereocenters. The van der Waals surface area contributed by atoms with E-state index in [0.29, 0.717) is 22.6 Å². The molecular formula is C23H19ClFNO. The van der Waals surface area contributed by atoms with Crippen LogP contribution in [0.1, 0.15) is 39.4 Å². The van der Waals surface area contributed by atoms with Gasteiger partial charge in [0.25, 0.3) is 5.91 Å². The Morgan fingerprint density at radius 1 is 1.04 bits per heavy atom. The highest BCUT2D eigenvalue weighted by Crippen LogP contribution is 2.61. The number of rotatable bonds is 4. The molecule has 0 aliphatic heterocycles. The van der Waals surface area contributed by atoms with Gasteiger partial charge in [0.1, 0.15) is 5.67 Å². The predicted octanol–water partition coefficient (Wildman–Crippen LogP) is 6.25. The van der Waals surface area contributed by atoms with Gasteiger partial charge in [0, 0.05) is 22.2 Å². The van der Waals surface area contributed by atoms with Crippen molar-refractivity contribution in [2.45, 2.75) is 24.9 Å². The molecule has 3 aromatic carbocycles. The third-order valence-electron chi connectivity index (χ3n) is 5.19. The lowest BCUT2D eigenvalue weighted by Gasteiger charge is -2.11. The number of aryl methyl sites for hydroxylation is 1. The number of halogens is 2. The van der Waals surface area contributed by atoms with E-state index in [-0.39, 0.29) is 11.8 Å². The molecule has 0 bridgehead atoms. The summed E-state index contributed by atoms with van der Waals surface area (Å²) in [7, 11) is 0. The second kappa shape index (κ2) is 6.82. The fraction of sp³-hybridized carbons (Fsp3) is 0.174. The molecule has 1 fully saturated rings. The van der Waals surface area contributed by atoms with E-state index >= 15 is 4.39 Å². The van der Waals surface area contributed by atoms with Crippen molar-refractivity contribution in [2.75, 3.05) is 5.32 Å². The summed E-state index contributed by atoms with van der Waals surface area (Å²) in [5, 5.41) is 3.54. The van der Waals surface area contributed by atoms with Crippen LogP contribution >= 0.6 is 11.6 Å². The molecule has 1 aliphatic rings. The van der Waals surface area contributed by atoms with Crippen LogP contribution in [0.15, 0.2) is 72.8 Å². The monoisotopic (exact) mass is 379 g/mol. The van der Waals surface area contributed by atoms with Crippen molar-refractivity contribution >= 4 is 23.2 Å². The fourth-order valence-corrected chi connectivity index (χ4v) is 3.57. The van der Waals surface area contributed by atoms with Crippen molar-refractivity contribution in [3.05, 3.63) is 100 Å². The van der Waals surface area contributed by atoms with Crippen LogP contribution in [0.5, 0.6) is 0 Å². The van der Waals surface area contributed by atoms with Crippen LogP contribution in [0.25, 0.3) is 0 Å². The predicted molar refractivity (Wildman–Crippen MR) is 107 cm³/mol. The number of benzene rings is 3. The fourth-order valence-electron chi connectivity index (χ4n) is 3.44. The Balaban J connectivity index is 1.48. The van der Waals surface area contributed by atoms with Crippen molar-refractivity contribution in [3.8, 4) is 0 Å². The van der Waals surface area contributed by atoms with Crippen LogP contribution in [0.2, 0.25) is 5.02 Å². The number of alkyl halides is 1. The first-order valence-electron chi connectivity index (χ1n) is 8.89. The summed E-state index contributed by atoms with van der Waals surface area (Å²) in [6.07, 6.45) is 0.448. The molecule has 136 valence electrons. The first-order chi connectivity index (χ1) is 13.0. The van der Waals surface area contributed by atoms with Crippen molar-refractivity contribution in [3.63, 3.8) is 0 Å². The Bertz CT molecular complexity index is 984. The lowest BCUT2D eigenvalue weighted by molar-refractivity contribution is 0.102. The van der Waals surface area contributed by atoms with Gasteiger partial charge in [-0.2, -0.15) is 0 Å². The zero-order valence-corrected chi connectivity index (χ0v) is 15.6. The Hall–Kier alpha value is -2.65. The number of hydrogen-bond acceptors (Lipinski definition) is 1. The number of nitrogens with one attached hydrogen (secondary N) is 1. The molecule has 0 aromatic heterocycles. The van der Waals surface area contributed by atoms with Gasteiger partial charge in [-0.3, -0.25) is 4.79 Å². The lowest BCUT2D eigenvalue weighted by atomic mass is 10.0. The highest BCUT2D eigenvalue weighted by atomic mass is 35.5. The third-order valence-corrected chi connectivity index (χ3v) is 5.44. The van der Waals surface area contributed by atoms with E-state index in [1.165, 1.54) is 0 Å². The molecular weight excluding hydrogens is 361 g/mol. The van der Waals surface area contributed by atoms with Crippen LogP contribution in [0.4, 0.5) is 10.1 Å². The maximum atomic E-state index is 15.3. The smallest absolute Gasteiger partial charge is 0.255 e. The van der Waals surface area contributed by atoms with E-state index in [4.69, 9.17) is 11.6 Å². The summed E-state index contributed by atoms with van der Waals surface area (Å²) in [5.41, 5.74) is 2.46. The van der Waals surface area contributed by atoms with Crippen molar-refractivity contribution in [1.29, 1.82) is 0 Å². The topological polar surface area (TPSA) is 29.1 Å². The third kappa shape index (κ3) is 3.47. The van der Waals surface area contributed by atoms with Gasteiger partial charge in [-0.1, -0.05) is 54.1 Å². The molecule has 2 nitrogen and oxygen atoms in total. The normalized spacial score (nSPS) is 20.9. The highest BCUT2D eigenvalue weighted by molar-refractivity contribution is 6.30. The molecule has 1 N–H and O–H groups in total. The lowest BCUT2D eigenvalue weighted by Crippen LogP contribution is -2.13. The minimum atomic E-state index is -1.38. The molecule has 4 heteroatoms. The number of carbonyl (C=O) groups is 1. The van der Waals surface area contributed by atoms with Crippen LogP contribution in [-0.2, 0) is 5.67 Å². The van der Waals surface area contributed by atoms with Gasteiger partial charge in [-0.15, -0.1) is 0 Å². The molecule has 4 rings (SSSR count). The maximum Gasteiger partial charge on any atom is 0.255 e. The number of carbonyl (C=O) groups excluding carboxylic acids is 1. The van der Waals surface area contributed by atoms with Crippen LogP contribution < -0.4 is 5.32 Å². The van der Waals surface area contributed by atoms with Crippen LogP contribution in [0.3, 0.4) is 0 Å². The largest absolute Gasteiger partial charge is 0.322 e. The van der Waals surface area contributed by atoms with Crippen molar-refractivity contribution < 1.29 is 9.18 Å². The summed E-state index contributed by atoms with van der Waals surface area (Å²) in [5.74, 6) is -0.366. The first kappa shape index (κ1) is 17.7. The second-order valence-electron chi connectivity index (χ2n) is 7.02. The Kier molecular flexibility index (Phi) is 4.48. The number of anilines is 1. The Morgan fingerprint density at radius 3 is 2.37 bits per heavy atom. The SMILES string of the molecule is Cc1ccccc1NC(=O)c1ccc(C2(F)CC2c2ccc(Cl)cc2)cc1. The number of amides is 1. The Morgan fingerprint density at radius 2 is 1.70 bits per heavy atom. The molecule has 1 aliphatic carbocycles. The summed E-state index contributed by atoms with van der Waals surface area (Å²) in [6, 6.07) is 21.7. The van der Waals surface area contributed by atoms with Gasteiger partial charge >= 0.3 is 0 Å².